The van der Waals surface area contributed by atoms with Crippen molar-refractivity contribution in [3.63, 3.8) is 0 Å². The van der Waals surface area contributed by atoms with Crippen molar-refractivity contribution in [1.82, 2.24) is 5.32 Å². The molecule has 1 aliphatic heterocycles. The number of aryl methyl sites for hydroxylation is 1. The molecule has 1 amide bonds. The first-order chi connectivity index (χ1) is 13.0. The Bertz CT molecular complexity index is 859. The van der Waals surface area contributed by atoms with Gasteiger partial charge in [-0.1, -0.05) is 31.2 Å². The molecular weight excluding hydrogens is 342 g/mol. The van der Waals surface area contributed by atoms with Crippen LogP contribution in [0.2, 0.25) is 0 Å². The second-order valence-electron chi connectivity index (χ2n) is 6.84. The van der Waals surface area contributed by atoms with Crippen LogP contribution in [-0.2, 0) is 16.0 Å². The van der Waals surface area contributed by atoms with Crippen LogP contribution in [0.15, 0.2) is 36.4 Å². The first-order valence-corrected chi connectivity index (χ1v) is 9.28. The van der Waals surface area contributed by atoms with Crippen LogP contribution >= 0.6 is 0 Å². The van der Waals surface area contributed by atoms with Crippen molar-refractivity contribution in [2.24, 2.45) is 0 Å². The third-order valence-electron chi connectivity index (χ3n) is 4.67. The SMILES string of the molecule is CCCC(=O)NC[C@@H]1Cc2cc(C)cc(-c3ccccc3C(=O)OC)c2O1. The quantitative estimate of drug-likeness (QED) is 0.791. The van der Waals surface area contributed by atoms with Crippen molar-refractivity contribution in [3.05, 3.63) is 53.1 Å². The van der Waals surface area contributed by atoms with Crippen molar-refractivity contribution < 1.29 is 19.1 Å². The fraction of sp³-hybridized carbons (Fsp3) is 0.364. The summed E-state index contributed by atoms with van der Waals surface area (Å²) in [4.78, 5) is 23.9. The monoisotopic (exact) mass is 367 g/mol. The zero-order chi connectivity index (χ0) is 19.4. The van der Waals surface area contributed by atoms with E-state index in [9.17, 15) is 9.59 Å². The van der Waals surface area contributed by atoms with Gasteiger partial charge in [0.15, 0.2) is 0 Å². The van der Waals surface area contributed by atoms with Crippen molar-refractivity contribution >= 4 is 11.9 Å². The van der Waals surface area contributed by atoms with E-state index < -0.39 is 0 Å². The lowest BCUT2D eigenvalue weighted by molar-refractivity contribution is -0.121. The Balaban J connectivity index is 1.90. The second kappa shape index (κ2) is 8.25. The first kappa shape index (κ1) is 19.0. The van der Waals surface area contributed by atoms with Crippen LogP contribution in [-0.4, -0.2) is 31.6 Å². The Hall–Kier alpha value is -2.82. The largest absolute Gasteiger partial charge is 0.487 e. The molecule has 2 aromatic rings. The van der Waals surface area contributed by atoms with Crippen LogP contribution in [0.4, 0.5) is 0 Å². The lowest BCUT2D eigenvalue weighted by Gasteiger charge is -2.15. The fourth-order valence-corrected chi connectivity index (χ4v) is 3.46. The van der Waals surface area contributed by atoms with Crippen LogP contribution in [0.1, 0.15) is 41.3 Å². The van der Waals surface area contributed by atoms with E-state index in [-0.39, 0.29) is 18.0 Å². The van der Waals surface area contributed by atoms with Gasteiger partial charge in [0.25, 0.3) is 0 Å². The van der Waals surface area contributed by atoms with Gasteiger partial charge in [0.1, 0.15) is 11.9 Å². The Kier molecular flexibility index (Phi) is 5.79. The molecule has 1 atom stereocenters. The summed E-state index contributed by atoms with van der Waals surface area (Å²) in [6.07, 6.45) is 1.98. The molecule has 0 spiro atoms. The van der Waals surface area contributed by atoms with Crippen LogP contribution in [0.5, 0.6) is 5.75 Å². The Morgan fingerprint density at radius 3 is 2.74 bits per heavy atom. The number of methoxy groups -OCH3 is 1. The van der Waals surface area contributed by atoms with Gasteiger partial charge in [0.05, 0.1) is 19.2 Å². The van der Waals surface area contributed by atoms with E-state index in [0.29, 0.717) is 18.5 Å². The van der Waals surface area contributed by atoms with Crippen LogP contribution < -0.4 is 10.1 Å². The number of amides is 1. The highest BCUT2D eigenvalue weighted by Crippen LogP contribution is 2.41. The van der Waals surface area contributed by atoms with E-state index in [4.69, 9.17) is 9.47 Å². The van der Waals surface area contributed by atoms with Crippen LogP contribution in [0.25, 0.3) is 11.1 Å². The summed E-state index contributed by atoms with van der Waals surface area (Å²) in [7, 11) is 1.38. The molecule has 27 heavy (non-hydrogen) atoms. The molecule has 1 heterocycles. The normalized spacial score (nSPS) is 15.0. The molecule has 0 saturated carbocycles. The number of fused-ring (bicyclic) bond motifs is 1. The summed E-state index contributed by atoms with van der Waals surface area (Å²) in [5, 5.41) is 2.93. The highest BCUT2D eigenvalue weighted by Gasteiger charge is 2.28. The van der Waals surface area contributed by atoms with Gasteiger partial charge in [-0.25, -0.2) is 4.79 Å². The van der Waals surface area contributed by atoms with E-state index in [1.807, 2.05) is 38.1 Å². The topological polar surface area (TPSA) is 64.6 Å². The van der Waals surface area contributed by atoms with Gasteiger partial charge < -0.3 is 14.8 Å². The summed E-state index contributed by atoms with van der Waals surface area (Å²) in [6.45, 7) is 4.49. The van der Waals surface area contributed by atoms with Crippen molar-refractivity contribution in [2.75, 3.05) is 13.7 Å². The Morgan fingerprint density at radius 2 is 2.00 bits per heavy atom. The van der Waals surface area contributed by atoms with Crippen LogP contribution in [0.3, 0.4) is 0 Å². The zero-order valence-corrected chi connectivity index (χ0v) is 16.0. The minimum absolute atomic E-state index is 0.0458. The summed E-state index contributed by atoms with van der Waals surface area (Å²) in [5.41, 5.74) is 4.38. The van der Waals surface area contributed by atoms with Crippen molar-refractivity contribution in [2.45, 2.75) is 39.2 Å². The number of rotatable bonds is 6. The smallest absolute Gasteiger partial charge is 0.338 e. The fourth-order valence-electron chi connectivity index (χ4n) is 3.46. The first-order valence-electron chi connectivity index (χ1n) is 9.28. The number of benzene rings is 2. The van der Waals surface area contributed by atoms with E-state index in [2.05, 4.69) is 11.4 Å². The molecule has 3 rings (SSSR count). The van der Waals surface area contributed by atoms with Gasteiger partial charge in [-0.05, 0) is 42.2 Å². The minimum Gasteiger partial charge on any atom is -0.487 e. The number of hydrogen-bond donors (Lipinski definition) is 1. The van der Waals surface area contributed by atoms with E-state index >= 15 is 0 Å². The average Bonchev–Trinajstić information content (AvgIpc) is 3.08. The summed E-state index contributed by atoms with van der Waals surface area (Å²) < 4.78 is 11.1. The van der Waals surface area contributed by atoms with Crippen molar-refractivity contribution in [1.29, 1.82) is 0 Å². The lowest BCUT2D eigenvalue weighted by Crippen LogP contribution is -2.34. The molecule has 5 heteroatoms. The van der Waals surface area contributed by atoms with Gasteiger partial charge in [0.2, 0.25) is 5.91 Å². The predicted octanol–water partition coefficient (Wildman–Crippen LogP) is 3.67. The molecule has 0 aliphatic carbocycles. The summed E-state index contributed by atoms with van der Waals surface area (Å²) in [5.74, 6) is 0.457. The molecule has 0 unspecified atom stereocenters. The van der Waals surface area contributed by atoms with Gasteiger partial charge in [-0.15, -0.1) is 0 Å². The van der Waals surface area contributed by atoms with Gasteiger partial charge in [0, 0.05) is 18.4 Å². The second-order valence-corrected chi connectivity index (χ2v) is 6.84. The van der Waals surface area contributed by atoms with Gasteiger partial charge in [-0.3, -0.25) is 4.79 Å². The molecule has 5 nitrogen and oxygen atoms in total. The summed E-state index contributed by atoms with van der Waals surface area (Å²) in [6, 6.07) is 11.5. The Morgan fingerprint density at radius 1 is 1.22 bits per heavy atom. The van der Waals surface area contributed by atoms with Crippen molar-refractivity contribution in [3.8, 4) is 16.9 Å². The highest BCUT2D eigenvalue weighted by atomic mass is 16.5. The third-order valence-corrected chi connectivity index (χ3v) is 4.67. The maximum absolute atomic E-state index is 12.2. The molecule has 0 bridgehead atoms. The maximum atomic E-state index is 12.2. The highest BCUT2D eigenvalue weighted by molar-refractivity contribution is 5.98. The number of carbonyl (C=O) groups is 2. The number of hydrogen-bond acceptors (Lipinski definition) is 4. The predicted molar refractivity (Wildman–Crippen MR) is 104 cm³/mol. The number of nitrogens with one attached hydrogen (secondary N) is 1. The number of ether oxygens (including phenoxy) is 2. The van der Waals surface area contributed by atoms with E-state index in [1.54, 1.807) is 6.07 Å². The molecule has 2 aromatic carbocycles. The Labute approximate surface area is 159 Å². The summed E-state index contributed by atoms with van der Waals surface area (Å²) >= 11 is 0. The molecular formula is C22H25NO4. The average molecular weight is 367 g/mol. The van der Waals surface area contributed by atoms with Gasteiger partial charge >= 0.3 is 5.97 Å². The minimum atomic E-state index is -0.373. The van der Waals surface area contributed by atoms with Crippen LogP contribution in [0, 0.1) is 6.92 Å². The maximum Gasteiger partial charge on any atom is 0.338 e. The number of carbonyl (C=O) groups excluding carboxylic acids is 2. The van der Waals surface area contributed by atoms with Gasteiger partial charge in [-0.2, -0.15) is 0 Å². The molecule has 142 valence electrons. The molecule has 0 saturated heterocycles. The lowest BCUT2D eigenvalue weighted by atomic mass is 9.94. The van der Waals surface area contributed by atoms with E-state index in [1.165, 1.54) is 7.11 Å². The molecule has 1 aliphatic rings. The third kappa shape index (κ3) is 4.13. The standard InChI is InChI=1S/C22H25NO4/c1-4-7-20(24)23-13-16-12-15-10-14(2)11-19(21(15)27-16)17-8-5-6-9-18(17)22(25)26-3/h5-6,8-11,16H,4,7,12-13H2,1-3H3,(H,23,24)/t16-/m0/s1. The molecule has 1 N–H and O–H groups in total. The molecule has 0 fully saturated rings. The van der Waals surface area contributed by atoms with E-state index in [0.717, 1.165) is 40.8 Å². The number of esters is 1. The molecule has 0 radical (unpaired) electrons. The molecule has 0 aromatic heterocycles. The zero-order valence-electron chi connectivity index (χ0n) is 16.0.